The van der Waals surface area contributed by atoms with Gasteiger partial charge in [-0.3, -0.25) is 0 Å². The van der Waals surface area contributed by atoms with Crippen molar-refractivity contribution >= 4 is 23.4 Å². The summed E-state index contributed by atoms with van der Waals surface area (Å²) in [4.78, 5) is 11.6. The van der Waals surface area contributed by atoms with Crippen LogP contribution in [0.4, 0.5) is 5.69 Å². The summed E-state index contributed by atoms with van der Waals surface area (Å²) >= 11 is 1.79. The zero-order valence-corrected chi connectivity index (χ0v) is 11.1. The van der Waals surface area contributed by atoms with Crippen molar-refractivity contribution in [1.29, 1.82) is 0 Å². The highest BCUT2D eigenvalue weighted by Crippen LogP contribution is 2.12. The van der Waals surface area contributed by atoms with Crippen molar-refractivity contribution in [2.45, 2.75) is 18.9 Å². The molecule has 3 nitrogen and oxygen atoms in total. The molecule has 0 amide bonds. The number of methoxy groups -OCH3 is 1. The van der Waals surface area contributed by atoms with Crippen LogP contribution in [-0.2, 0) is 9.53 Å². The van der Waals surface area contributed by atoms with Crippen molar-refractivity contribution < 1.29 is 9.53 Å². The summed E-state index contributed by atoms with van der Waals surface area (Å²) in [7, 11) is 1.43. The summed E-state index contributed by atoms with van der Waals surface area (Å²) in [6.07, 6.45) is 3.86. The van der Waals surface area contributed by atoms with Gasteiger partial charge in [0.1, 0.15) is 6.04 Å². The van der Waals surface area contributed by atoms with Gasteiger partial charge in [-0.2, -0.15) is 11.8 Å². The van der Waals surface area contributed by atoms with Crippen molar-refractivity contribution in [1.82, 2.24) is 0 Å². The average Bonchev–Trinajstić information content (AvgIpc) is 2.38. The number of thioether (sulfide) groups is 1. The monoisotopic (exact) mass is 253 g/mol. The van der Waals surface area contributed by atoms with Crippen LogP contribution in [0.15, 0.2) is 30.3 Å². The number of esters is 1. The molecule has 1 atom stereocenters. The van der Waals surface area contributed by atoms with Gasteiger partial charge < -0.3 is 10.1 Å². The van der Waals surface area contributed by atoms with Gasteiger partial charge in [0, 0.05) is 5.69 Å². The Morgan fingerprint density at radius 1 is 1.41 bits per heavy atom. The van der Waals surface area contributed by atoms with E-state index in [0.717, 1.165) is 24.3 Å². The van der Waals surface area contributed by atoms with Gasteiger partial charge >= 0.3 is 5.97 Å². The van der Waals surface area contributed by atoms with Gasteiger partial charge in [-0.05, 0) is 37.0 Å². The average molecular weight is 253 g/mol. The van der Waals surface area contributed by atoms with Gasteiger partial charge in [-0.1, -0.05) is 18.2 Å². The highest BCUT2D eigenvalue weighted by atomic mass is 32.2. The molecule has 1 aromatic rings. The number of rotatable bonds is 7. The molecule has 0 spiro atoms. The second kappa shape index (κ2) is 8.01. The number of nitrogens with one attached hydrogen (secondary N) is 1. The van der Waals surface area contributed by atoms with Gasteiger partial charge in [0.15, 0.2) is 0 Å². The molecular weight excluding hydrogens is 234 g/mol. The largest absolute Gasteiger partial charge is 0.467 e. The van der Waals surface area contributed by atoms with Crippen LogP contribution in [0.25, 0.3) is 0 Å². The molecule has 0 heterocycles. The van der Waals surface area contributed by atoms with E-state index in [2.05, 4.69) is 11.6 Å². The molecule has 0 aliphatic carbocycles. The van der Waals surface area contributed by atoms with Crippen LogP contribution in [0.5, 0.6) is 0 Å². The van der Waals surface area contributed by atoms with Crippen LogP contribution in [0.1, 0.15) is 12.8 Å². The highest BCUT2D eigenvalue weighted by Gasteiger charge is 2.18. The van der Waals surface area contributed by atoms with Gasteiger partial charge in [0.05, 0.1) is 7.11 Å². The van der Waals surface area contributed by atoms with Crippen LogP contribution >= 0.6 is 11.8 Å². The van der Waals surface area contributed by atoms with Crippen molar-refractivity contribution in [3.05, 3.63) is 30.3 Å². The Kier molecular flexibility index (Phi) is 6.55. The van der Waals surface area contributed by atoms with E-state index in [1.165, 1.54) is 7.11 Å². The van der Waals surface area contributed by atoms with Gasteiger partial charge in [0.25, 0.3) is 0 Å². The Labute approximate surface area is 107 Å². The van der Waals surface area contributed by atoms with E-state index in [1.54, 1.807) is 11.8 Å². The minimum Gasteiger partial charge on any atom is -0.467 e. The molecule has 0 saturated heterocycles. The van der Waals surface area contributed by atoms with Crippen molar-refractivity contribution in [2.75, 3.05) is 24.4 Å². The molecule has 0 saturated carbocycles. The van der Waals surface area contributed by atoms with E-state index in [0.29, 0.717) is 0 Å². The van der Waals surface area contributed by atoms with Gasteiger partial charge in [-0.25, -0.2) is 4.79 Å². The van der Waals surface area contributed by atoms with E-state index in [-0.39, 0.29) is 12.0 Å². The Morgan fingerprint density at radius 2 is 2.12 bits per heavy atom. The number of hydrogen-bond donors (Lipinski definition) is 1. The lowest BCUT2D eigenvalue weighted by molar-refractivity contribution is -0.141. The third kappa shape index (κ3) is 5.13. The number of benzene rings is 1. The predicted octanol–water partition coefficient (Wildman–Crippen LogP) is 2.78. The van der Waals surface area contributed by atoms with Crippen LogP contribution < -0.4 is 5.32 Å². The van der Waals surface area contributed by atoms with Gasteiger partial charge in [-0.15, -0.1) is 0 Å². The van der Waals surface area contributed by atoms with Crippen molar-refractivity contribution in [2.24, 2.45) is 0 Å². The van der Waals surface area contributed by atoms with E-state index in [1.807, 2.05) is 30.3 Å². The topological polar surface area (TPSA) is 38.3 Å². The zero-order valence-electron chi connectivity index (χ0n) is 10.3. The smallest absolute Gasteiger partial charge is 0.328 e. The normalized spacial score (nSPS) is 11.9. The Morgan fingerprint density at radius 3 is 2.71 bits per heavy atom. The molecule has 4 heteroatoms. The first kappa shape index (κ1) is 13.9. The highest BCUT2D eigenvalue weighted by molar-refractivity contribution is 7.98. The summed E-state index contributed by atoms with van der Waals surface area (Å²) < 4.78 is 4.81. The van der Waals surface area contributed by atoms with E-state index in [4.69, 9.17) is 4.74 Å². The summed E-state index contributed by atoms with van der Waals surface area (Å²) in [6.45, 7) is 0. The van der Waals surface area contributed by atoms with Crippen LogP contribution in [0.3, 0.4) is 0 Å². The molecule has 0 aliphatic heterocycles. The molecule has 17 heavy (non-hydrogen) atoms. The minimum absolute atomic E-state index is 0.199. The van der Waals surface area contributed by atoms with Crippen LogP contribution in [0.2, 0.25) is 0 Å². The molecule has 1 rings (SSSR count). The third-order valence-electron chi connectivity index (χ3n) is 2.44. The molecule has 0 bridgehead atoms. The number of carbonyl (C=O) groups excluding carboxylic acids is 1. The van der Waals surface area contributed by atoms with E-state index >= 15 is 0 Å². The quantitative estimate of drug-likeness (QED) is 0.599. The van der Waals surface area contributed by atoms with Crippen molar-refractivity contribution in [3.8, 4) is 0 Å². The number of hydrogen-bond acceptors (Lipinski definition) is 4. The molecule has 0 radical (unpaired) electrons. The number of ether oxygens (including phenoxy) is 1. The third-order valence-corrected chi connectivity index (χ3v) is 3.14. The lowest BCUT2D eigenvalue weighted by Gasteiger charge is -2.17. The summed E-state index contributed by atoms with van der Waals surface area (Å²) in [5.41, 5.74) is 0.951. The molecule has 1 aromatic carbocycles. The summed E-state index contributed by atoms with van der Waals surface area (Å²) in [5.74, 6) is 0.860. The maximum Gasteiger partial charge on any atom is 0.328 e. The van der Waals surface area contributed by atoms with E-state index in [9.17, 15) is 4.79 Å². The lowest BCUT2D eigenvalue weighted by Crippen LogP contribution is -2.30. The molecule has 0 aliphatic rings. The second-order valence-electron chi connectivity index (χ2n) is 3.72. The Bertz CT molecular complexity index is 329. The first-order chi connectivity index (χ1) is 8.27. The molecule has 0 aromatic heterocycles. The first-order valence-electron chi connectivity index (χ1n) is 5.66. The molecule has 94 valence electrons. The predicted molar refractivity (Wildman–Crippen MR) is 73.5 cm³/mol. The summed E-state index contributed by atoms with van der Waals surface area (Å²) in [6, 6.07) is 9.48. The Balaban J connectivity index is 2.54. The number of anilines is 1. The fourth-order valence-electron chi connectivity index (χ4n) is 1.56. The first-order valence-corrected chi connectivity index (χ1v) is 7.05. The fourth-order valence-corrected chi connectivity index (χ4v) is 2.01. The SMILES string of the molecule is COC(=O)C(CCCSC)Nc1ccccc1. The van der Waals surface area contributed by atoms with E-state index < -0.39 is 0 Å². The number of carbonyl (C=O) groups is 1. The molecule has 1 unspecified atom stereocenters. The maximum absolute atomic E-state index is 11.6. The lowest BCUT2D eigenvalue weighted by atomic mass is 10.1. The van der Waals surface area contributed by atoms with Gasteiger partial charge in [0.2, 0.25) is 0 Å². The standard InChI is InChI=1S/C13H19NO2S/c1-16-13(15)12(9-6-10-17-2)14-11-7-4-3-5-8-11/h3-5,7-8,12,14H,6,9-10H2,1-2H3. The summed E-state index contributed by atoms with van der Waals surface area (Å²) in [5, 5.41) is 3.20. The maximum atomic E-state index is 11.6. The Hall–Kier alpha value is -1.16. The molecule has 0 fully saturated rings. The zero-order chi connectivity index (χ0) is 12.5. The number of para-hydroxylation sites is 1. The minimum atomic E-state index is -0.255. The van der Waals surface area contributed by atoms with Crippen LogP contribution in [-0.4, -0.2) is 31.1 Å². The van der Waals surface area contributed by atoms with Crippen molar-refractivity contribution in [3.63, 3.8) is 0 Å². The molecule has 1 N–H and O–H groups in total. The second-order valence-corrected chi connectivity index (χ2v) is 4.71. The molecular formula is C13H19NO2S. The fraction of sp³-hybridized carbons (Fsp3) is 0.462. The van der Waals surface area contributed by atoms with Crippen LogP contribution in [0, 0.1) is 0 Å².